The van der Waals surface area contributed by atoms with Gasteiger partial charge in [0.1, 0.15) is 18.5 Å². The van der Waals surface area contributed by atoms with Crippen molar-refractivity contribution >= 4 is 10.0 Å². The molecular weight excluding hydrogens is 400 g/mol. The lowest BCUT2D eigenvalue weighted by Gasteiger charge is -2.34. The van der Waals surface area contributed by atoms with Gasteiger partial charge in [-0.3, -0.25) is 4.90 Å². The maximum absolute atomic E-state index is 12.9. The fourth-order valence-electron chi connectivity index (χ4n) is 3.50. The van der Waals surface area contributed by atoms with Gasteiger partial charge in [-0.15, -0.1) is 0 Å². The summed E-state index contributed by atoms with van der Waals surface area (Å²) in [4.78, 5) is 2.42. The molecule has 1 N–H and O–H groups in total. The molecule has 0 amide bonds. The predicted octanol–water partition coefficient (Wildman–Crippen LogP) is 2.86. The van der Waals surface area contributed by atoms with E-state index in [-0.39, 0.29) is 6.61 Å². The molecule has 0 spiro atoms. The Morgan fingerprint density at radius 1 is 0.967 bits per heavy atom. The van der Waals surface area contributed by atoms with Crippen LogP contribution in [0.5, 0.6) is 5.75 Å². The summed E-state index contributed by atoms with van der Waals surface area (Å²) in [6, 6.07) is 14.9. The van der Waals surface area contributed by atoms with E-state index in [4.69, 9.17) is 4.74 Å². The molecule has 3 rings (SSSR count). The van der Waals surface area contributed by atoms with Crippen LogP contribution in [0.3, 0.4) is 0 Å². The van der Waals surface area contributed by atoms with Crippen molar-refractivity contribution in [3.8, 4) is 5.75 Å². The Hall–Kier alpha value is -1.93. The van der Waals surface area contributed by atoms with Crippen molar-refractivity contribution in [3.05, 3.63) is 59.7 Å². The van der Waals surface area contributed by atoms with Crippen LogP contribution in [0.4, 0.5) is 0 Å². The lowest BCUT2D eigenvalue weighted by atomic mass is 10.0. The van der Waals surface area contributed by atoms with E-state index in [1.165, 1.54) is 4.31 Å². The van der Waals surface area contributed by atoms with Crippen LogP contribution in [0.15, 0.2) is 53.4 Å². The second-order valence-electron chi connectivity index (χ2n) is 8.21. The number of piperazine rings is 1. The minimum Gasteiger partial charge on any atom is -0.491 e. The van der Waals surface area contributed by atoms with Crippen molar-refractivity contribution in [2.24, 2.45) is 0 Å². The van der Waals surface area contributed by atoms with Crippen molar-refractivity contribution in [2.75, 3.05) is 39.3 Å². The molecule has 7 heteroatoms. The van der Waals surface area contributed by atoms with Crippen LogP contribution in [0, 0.1) is 6.92 Å². The van der Waals surface area contributed by atoms with Crippen LogP contribution in [-0.4, -0.2) is 68.2 Å². The summed E-state index contributed by atoms with van der Waals surface area (Å²) in [6.07, 6.45) is -0.627. The van der Waals surface area contributed by atoms with Crippen LogP contribution in [0.2, 0.25) is 0 Å². The van der Waals surface area contributed by atoms with E-state index in [1.807, 2.05) is 43.3 Å². The topological polar surface area (TPSA) is 70.1 Å². The standard InChI is InChI=1S/C23H32N2O4S/c1-18(2)20-6-10-23(11-7-20)30(27,28)25-14-12-24(13-15-25)16-21(26)17-29-22-8-4-19(3)5-9-22/h4-11,18,21,26H,12-17H2,1-3H3. The number of ether oxygens (including phenoxy) is 1. The van der Waals surface area contributed by atoms with Gasteiger partial charge in [0.15, 0.2) is 0 Å². The number of nitrogens with zero attached hydrogens (tertiary/aromatic N) is 2. The number of aliphatic hydroxyl groups is 1. The van der Waals surface area contributed by atoms with E-state index in [1.54, 1.807) is 12.1 Å². The van der Waals surface area contributed by atoms with Crippen LogP contribution < -0.4 is 4.74 Å². The van der Waals surface area contributed by atoms with Crippen LogP contribution in [0.25, 0.3) is 0 Å². The second-order valence-corrected chi connectivity index (χ2v) is 10.1. The Bertz CT molecular complexity index is 903. The third kappa shape index (κ3) is 5.82. The lowest BCUT2D eigenvalue weighted by Crippen LogP contribution is -2.50. The summed E-state index contributed by atoms with van der Waals surface area (Å²) in [5.74, 6) is 1.10. The highest BCUT2D eigenvalue weighted by Gasteiger charge is 2.29. The number of rotatable bonds is 8. The van der Waals surface area contributed by atoms with E-state index >= 15 is 0 Å². The Morgan fingerprint density at radius 2 is 1.57 bits per heavy atom. The van der Waals surface area contributed by atoms with Gasteiger partial charge in [-0.1, -0.05) is 43.7 Å². The van der Waals surface area contributed by atoms with E-state index in [2.05, 4.69) is 18.7 Å². The van der Waals surface area contributed by atoms with Crippen molar-refractivity contribution in [1.29, 1.82) is 0 Å². The van der Waals surface area contributed by atoms with Gasteiger partial charge in [0.2, 0.25) is 10.0 Å². The molecule has 1 fully saturated rings. The monoisotopic (exact) mass is 432 g/mol. The zero-order valence-electron chi connectivity index (χ0n) is 18.0. The first kappa shape index (κ1) is 22.7. The highest BCUT2D eigenvalue weighted by molar-refractivity contribution is 7.89. The number of aliphatic hydroxyl groups excluding tert-OH is 1. The first-order chi connectivity index (χ1) is 14.3. The first-order valence-electron chi connectivity index (χ1n) is 10.5. The van der Waals surface area contributed by atoms with Gasteiger partial charge in [0, 0.05) is 32.7 Å². The number of benzene rings is 2. The maximum atomic E-state index is 12.9. The number of β-amino-alcohol motifs (C(OH)–C–C–N with tert-alkyl or cyclic N) is 1. The van der Waals surface area contributed by atoms with E-state index in [0.717, 1.165) is 16.9 Å². The molecule has 1 unspecified atom stereocenters. The normalized spacial score (nSPS) is 17.2. The predicted molar refractivity (Wildman–Crippen MR) is 118 cm³/mol. The summed E-state index contributed by atoms with van der Waals surface area (Å²) < 4.78 is 33.0. The van der Waals surface area contributed by atoms with Gasteiger partial charge < -0.3 is 9.84 Å². The Labute approximate surface area is 180 Å². The molecular formula is C23H32N2O4S. The van der Waals surface area contributed by atoms with Gasteiger partial charge in [0.25, 0.3) is 0 Å². The SMILES string of the molecule is Cc1ccc(OCC(O)CN2CCN(S(=O)(=O)c3ccc(C(C)C)cc3)CC2)cc1. The minimum atomic E-state index is -3.49. The molecule has 1 heterocycles. The number of hydrogen-bond acceptors (Lipinski definition) is 5. The Balaban J connectivity index is 1.48. The molecule has 1 saturated heterocycles. The van der Waals surface area contributed by atoms with Crippen molar-refractivity contribution in [3.63, 3.8) is 0 Å². The molecule has 164 valence electrons. The number of aryl methyl sites for hydroxylation is 1. The minimum absolute atomic E-state index is 0.212. The Morgan fingerprint density at radius 3 is 2.13 bits per heavy atom. The molecule has 0 aromatic heterocycles. The fraction of sp³-hybridized carbons (Fsp3) is 0.478. The van der Waals surface area contributed by atoms with Crippen LogP contribution in [0.1, 0.15) is 30.9 Å². The average Bonchev–Trinajstić information content (AvgIpc) is 2.74. The van der Waals surface area contributed by atoms with Gasteiger partial charge in [-0.2, -0.15) is 4.31 Å². The largest absolute Gasteiger partial charge is 0.491 e. The summed E-state index contributed by atoms with van der Waals surface area (Å²) in [6.45, 7) is 8.87. The highest BCUT2D eigenvalue weighted by Crippen LogP contribution is 2.21. The molecule has 1 atom stereocenters. The fourth-order valence-corrected chi connectivity index (χ4v) is 4.93. The molecule has 0 saturated carbocycles. The second kappa shape index (κ2) is 9.92. The summed E-state index contributed by atoms with van der Waals surface area (Å²) in [7, 11) is -3.49. The van der Waals surface area contributed by atoms with Crippen molar-refractivity contribution < 1.29 is 18.3 Å². The van der Waals surface area contributed by atoms with Crippen molar-refractivity contribution in [1.82, 2.24) is 9.21 Å². The molecule has 30 heavy (non-hydrogen) atoms. The molecule has 1 aliphatic rings. The number of hydrogen-bond donors (Lipinski definition) is 1. The Kier molecular flexibility index (Phi) is 7.52. The van der Waals surface area contributed by atoms with E-state index in [0.29, 0.717) is 43.5 Å². The van der Waals surface area contributed by atoms with E-state index in [9.17, 15) is 13.5 Å². The third-order valence-electron chi connectivity index (χ3n) is 5.45. The number of sulfonamides is 1. The van der Waals surface area contributed by atoms with Gasteiger partial charge >= 0.3 is 0 Å². The molecule has 1 aliphatic heterocycles. The summed E-state index contributed by atoms with van der Waals surface area (Å²) in [5.41, 5.74) is 2.28. The maximum Gasteiger partial charge on any atom is 0.243 e. The van der Waals surface area contributed by atoms with Gasteiger partial charge in [-0.25, -0.2) is 8.42 Å². The molecule has 2 aromatic carbocycles. The first-order valence-corrected chi connectivity index (χ1v) is 11.9. The molecule has 6 nitrogen and oxygen atoms in total. The smallest absolute Gasteiger partial charge is 0.243 e. The lowest BCUT2D eigenvalue weighted by molar-refractivity contribution is 0.0569. The molecule has 0 aliphatic carbocycles. The molecule has 2 aromatic rings. The zero-order chi connectivity index (χ0) is 21.7. The summed E-state index contributed by atoms with van der Waals surface area (Å²) >= 11 is 0. The quantitative estimate of drug-likeness (QED) is 0.695. The summed E-state index contributed by atoms with van der Waals surface area (Å²) in [5, 5.41) is 10.3. The van der Waals surface area contributed by atoms with Crippen LogP contribution >= 0.6 is 0 Å². The van der Waals surface area contributed by atoms with Crippen molar-refractivity contribution in [2.45, 2.75) is 37.7 Å². The highest BCUT2D eigenvalue weighted by atomic mass is 32.2. The molecule has 0 bridgehead atoms. The zero-order valence-corrected chi connectivity index (χ0v) is 18.8. The third-order valence-corrected chi connectivity index (χ3v) is 7.36. The average molecular weight is 433 g/mol. The van der Waals surface area contributed by atoms with Gasteiger partial charge in [-0.05, 0) is 42.7 Å². The van der Waals surface area contributed by atoms with Gasteiger partial charge in [0.05, 0.1) is 4.90 Å². The molecule has 0 radical (unpaired) electrons. The van der Waals surface area contributed by atoms with E-state index < -0.39 is 16.1 Å². The van der Waals surface area contributed by atoms with Crippen LogP contribution in [-0.2, 0) is 10.0 Å².